The Labute approximate surface area is 171 Å². The number of amides is 1. The molecule has 0 unspecified atom stereocenters. The van der Waals surface area contributed by atoms with E-state index in [1.54, 1.807) is 18.2 Å². The molecule has 8 heteroatoms. The molecule has 0 saturated carbocycles. The minimum Gasteiger partial charge on any atom is -0.351 e. The number of hydrogen-bond acceptors (Lipinski definition) is 5. The molecule has 0 aliphatic heterocycles. The molecule has 1 amide bonds. The minimum absolute atomic E-state index is 0.131. The summed E-state index contributed by atoms with van der Waals surface area (Å²) in [4.78, 5) is 16.7. The monoisotopic (exact) mass is 409 g/mol. The summed E-state index contributed by atoms with van der Waals surface area (Å²) in [5.74, 6) is -0.419. The van der Waals surface area contributed by atoms with Gasteiger partial charge in [0, 0.05) is 24.5 Å². The number of nitrogens with zero attached hydrogens (tertiary/aromatic N) is 4. The van der Waals surface area contributed by atoms with Crippen LogP contribution in [0.15, 0.2) is 47.6 Å². The van der Waals surface area contributed by atoms with E-state index in [1.807, 2.05) is 11.6 Å². The molecule has 0 fully saturated rings. The normalized spacial score (nSPS) is 11.3. The number of nitrogens with one attached hydrogen (secondary N) is 1. The van der Waals surface area contributed by atoms with Gasteiger partial charge in [-0.2, -0.15) is 0 Å². The van der Waals surface area contributed by atoms with E-state index in [1.165, 1.54) is 23.4 Å². The molecule has 0 saturated heterocycles. The molecule has 0 aliphatic carbocycles. The Bertz CT molecular complexity index is 1210. The van der Waals surface area contributed by atoms with Gasteiger partial charge < -0.3 is 9.88 Å². The van der Waals surface area contributed by atoms with Crippen LogP contribution in [0.4, 0.5) is 4.39 Å². The smallest absolute Gasteiger partial charge is 0.230 e. The quantitative estimate of drug-likeness (QED) is 0.493. The van der Waals surface area contributed by atoms with Crippen LogP contribution < -0.4 is 5.32 Å². The SMILES string of the molecule is CCc1ccc2c(c1)c1nnc(SCC(=O)NCc3ccccc3F)nc1n2C. The summed E-state index contributed by atoms with van der Waals surface area (Å²) < 4.78 is 15.6. The summed E-state index contributed by atoms with van der Waals surface area (Å²) in [6.07, 6.45) is 0.948. The summed E-state index contributed by atoms with van der Waals surface area (Å²) in [5, 5.41) is 12.7. The van der Waals surface area contributed by atoms with Crippen molar-refractivity contribution in [2.45, 2.75) is 25.0 Å². The van der Waals surface area contributed by atoms with Crippen LogP contribution in [0.3, 0.4) is 0 Å². The van der Waals surface area contributed by atoms with Crippen molar-refractivity contribution < 1.29 is 9.18 Å². The van der Waals surface area contributed by atoms with Gasteiger partial charge in [-0.25, -0.2) is 9.37 Å². The van der Waals surface area contributed by atoms with Gasteiger partial charge in [-0.15, -0.1) is 10.2 Å². The molecule has 2 aromatic carbocycles. The average Bonchev–Trinajstić information content (AvgIpc) is 3.02. The van der Waals surface area contributed by atoms with Gasteiger partial charge in [0.1, 0.15) is 11.3 Å². The number of aromatic nitrogens is 4. The van der Waals surface area contributed by atoms with Crippen LogP contribution in [0.5, 0.6) is 0 Å². The Morgan fingerprint density at radius 3 is 2.83 bits per heavy atom. The zero-order chi connectivity index (χ0) is 20.4. The summed E-state index contributed by atoms with van der Waals surface area (Å²) in [5.41, 5.74) is 4.22. The van der Waals surface area contributed by atoms with Crippen molar-refractivity contribution in [3.8, 4) is 0 Å². The van der Waals surface area contributed by atoms with E-state index in [9.17, 15) is 9.18 Å². The third kappa shape index (κ3) is 3.93. The fraction of sp³-hybridized carbons (Fsp3) is 0.238. The molecule has 0 bridgehead atoms. The number of halogens is 1. The number of hydrogen-bond donors (Lipinski definition) is 1. The lowest BCUT2D eigenvalue weighted by atomic mass is 10.1. The second-order valence-corrected chi connectivity index (χ2v) is 7.63. The van der Waals surface area contributed by atoms with Crippen LogP contribution in [0.1, 0.15) is 18.1 Å². The maximum Gasteiger partial charge on any atom is 0.230 e. The van der Waals surface area contributed by atoms with Crippen LogP contribution >= 0.6 is 11.8 Å². The molecular weight excluding hydrogens is 389 g/mol. The van der Waals surface area contributed by atoms with E-state index in [0.717, 1.165) is 28.5 Å². The van der Waals surface area contributed by atoms with Gasteiger partial charge in [-0.3, -0.25) is 4.79 Å². The van der Waals surface area contributed by atoms with Crippen molar-refractivity contribution in [3.63, 3.8) is 0 Å². The van der Waals surface area contributed by atoms with Crippen LogP contribution in [0.25, 0.3) is 22.1 Å². The molecule has 0 radical (unpaired) electrons. The van der Waals surface area contributed by atoms with Crippen molar-refractivity contribution >= 4 is 39.7 Å². The number of carbonyl (C=O) groups excluding carboxylic acids is 1. The van der Waals surface area contributed by atoms with Crippen molar-refractivity contribution in [1.29, 1.82) is 0 Å². The molecule has 1 N–H and O–H groups in total. The van der Waals surface area contributed by atoms with Crippen molar-refractivity contribution in [2.24, 2.45) is 7.05 Å². The van der Waals surface area contributed by atoms with E-state index >= 15 is 0 Å². The molecule has 0 atom stereocenters. The van der Waals surface area contributed by atoms with Gasteiger partial charge in [0.2, 0.25) is 11.1 Å². The first-order chi connectivity index (χ1) is 14.1. The fourth-order valence-electron chi connectivity index (χ4n) is 3.19. The first kappa shape index (κ1) is 19.3. The summed E-state index contributed by atoms with van der Waals surface area (Å²) in [7, 11) is 1.94. The lowest BCUT2D eigenvalue weighted by Gasteiger charge is -2.05. The molecular formula is C21H20FN5OS. The Morgan fingerprint density at radius 2 is 2.03 bits per heavy atom. The Balaban J connectivity index is 1.47. The molecule has 4 rings (SSSR count). The summed E-state index contributed by atoms with van der Waals surface area (Å²) in [6, 6.07) is 12.7. The summed E-state index contributed by atoms with van der Waals surface area (Å²) in [6.45, 7) is 2.26. The lowest BCUT2D eigenvalue weighted by Crippen LogP contribution is -2.25. The highest BCUT2D eigenvalue weighted by atomic mass is 32.2. The number of thioether (sulfide) groups is 1. The van der Waals surface area contributed by atoms with E-state index in [0.29, 0.717) is 10.7 Å². The molecule has 29 heavy (non-hydrogen) atoms. The predicted octanol–water partition coefficient (Wildman–Crippen LogP) is 3.63. The van der Waals surface area contributed by atoms with E-state index in [-0.39, 0.29) is 24.0 Å². The van der Waals surface area contributed by atoms with Gasteiger partial charge in [0.05, 0.1) is 11.3 Å². The third-order valence-electron chi connectivity index (χ3n) is 4.82. The highest BCUT2D eigenvalue weighted by molar-refractivity contribution is 7.99. The number of carbonyl (C=O) groups is 1. The lowest BCUT2D eigenvalue weighted by molar-refractivity contribution is -0.118. The van der Waals surface area contributed by atoms with Gasteiger partial charge in [-0.1, -0.05) is 43.0 Å². The standard InChI is InChI=1S/C21H20FN5OS/c1-3-13-8-9-17-15(10-13)19-20(27(17)2)24-21(26-25-19)29-12-18(28)23-11-14-6-4-5-7-16(14)22/h4-10H,3,11-12H2,1-2H3,(H,23,28). The van der Waals surface area contributed by atoms with Crippen LogP contribution in [0.2, 0.25) is 0 Å². The van der Waals surface area contributed by atoms with Gasteiger partial charge >= 0.3 is 0 Å². The number of benzene rings is 2. The topological polar surface area (TPSA) is 72.7 Å². The second kappa shape index (κ2) is 8.16. The molecule has 0 spiro atoms. The van der Waals surface area contributed by atoms with E-state index < -0.39 is 0 Å². The zero-order valence-corrected chi connectivity index (χ0v) is 17.0. The van der Waals surface area contributed by atoms with Crippen LogP contribution in [0, 0.1) is 5.82 Å². The number of fused-ring (bicyclic) bond motifs is 3. The van der Waals surface area contributed by atoms with Crippen LogP contribution in [-0.4, -0.2) is 31.4 Å². The minimum atomic E-state index is -0.333. The molecule has 4 aromatic rings. The van der Waals surface area contributed by atoms with E-state index in [2.05, 4.69) is 45.6 Å². The van der Waals surface area contributed by atoms with Gasteiger partial charge in [-0.05, 0) is 30.2 Å². The maximum atomic E-state index is 13.6. The predicted molar refractivity (Wildman–Crippen MR) is 112 cm³/mol. The largest absolute Gasteiger partial charge is 0.351 e. The third-order valence-corrected chi connectivity index (χ3v) is 5.66. The Kier molecular flexibility index (Phi) is 5.44. The highest BCUT2D eigenvalue weighted by Gasteiger charge is 2.14. The molecule has 2 aromatic heterocycles. The van der Waals surface area contributed by atoms with Gasteiger partial charge in [0.25, 0.3) is 0 Å². The summed E-state index contributed by atoms with van der Waals surface area (Å²) >= 11 is 1.21. The zero-order valence-electron chi connectivity index (χ0n) is 16.1. The fourth-order valence-corrected chi connectivity index (χ4v) is 3.80. The number of rotatable bonds is 6. The second-order valence-electron chi connectivity index (χ2n) is 6.69. The number of aryl methyl sites for hydroxylation is 2. The first-order valence-corrected chi connectivity index (χ1v) is 10.3. The van der Waals surface area contributed by atoms with Crippen molar-refractivity contribution in [2.75, 3.05) is 5.75 Å². The van der Waals surface area contributed by atoms with Crippen LogP contribution in [-0.2, 0) is 24.8 Å². The Morgan fingerprint density at radius 1 is 1.21 bits per heavy atom. The van der Waals surface area contributed by atoms with Crippen molar-refractivity contribution in [1.82, 2.24) is 25.1 Å². The maximum absolute atomic E-state index is 13.6. The average molecular weight is 409 g/mol. The molecule has 2 heterocycles. The first-order valence-electron chi connectivity index (χ1n) is 9.31. The molecule has 6 nitrogen and oxygen atoms in total. The van der Waals surface area contributed by atoms with E-state index in [4.69, 9.17) is 0 Å². The Hall–Kier alpha value is -3.00. The van der Waals surface area contributed by atoms with Crippen molar-refractivity contribution in [3.05, 3.63) is 59.4 Å². The highest BCUT2D eigenvalue weighted by Crippen LogP contribution is 2.27. The van der Waals surface area contributed by atoms with Gasteiger partial charge in [0.15, 0.2) is 5.65 Å². The molecule has 0 aliphatic rings. The molecule has 148 valence electrons.